The van der Waals surface area contributed by atoms with Crippen LogP contribution in [0.15, 0.2) is 27.9 Å². The van der Waals surface area contributed by atoms with Crippen molar-refractivity contribution in [3.63, 3.8) is 0 Å². The number of aliphatic imine (C=N–C) groups is 1. The maximum absolute atomic E-state index is 9.93. The van der Waals surface area contributed by atoms with Gasteiger partial charge >= 0.3 is 0 Å². The van der Waals surface area contributed by atoms with E-state index in [0.717, 1.165) is 17.1 Å². The normalized spacial score (nSPS) is 9.87. The van der Waals surface area contributed by atoms with E-state index in [-0.39, 0.29) is 0 Å². The fraction of sp³-hybridized carbons (Fsp3) is 0.200. The summed E-state index contributed by atoms with van der Waals surface area (Å²) < 4.78 is 0. The van der Waals surface area contributed by atoms with E-state index in [1.54, 1.807) is 22.7 Å². The Labute approximate surface area is 95.1 Å². The Balaban J connectivity index is 2.04. The second kappa shape index (κ2) is 4.98. The van der Waals surface area contributed by atoms with Crippen LogP contribution in [0.2, 0.25) is 0 Å². The number of isocyanates is 1. The minimum Gasteiger partial charge on any atom is -0.244 e. The average Bonchev–Trinajstić information content (AvgIpc) is 2.87. The number of nitrogens with zero attached hydrogens (tertiary/aromatic N) is 2. The van der Waals surface area contributed by atoms with Gasteiger partial charge in [-0.05, 0) is 11.4 Å². The Bertz CT molecular complexity index is 469. The Kier molecular flexibility index (Phi) is 3.40. The molecule has 3 nitrogen and oxygen atoms in total. The highest BCUT2D eigenvalue weighted by molar-refractivity contribution is 7.11. The summed E-state index contributed by atoms with van der Waals surface area (Å²) in [4.78, 5) is 19.1. The highest BCUT2D eigenvalue weighted by Crippen LogP contribution is 2.18. The van der Waals surface area contributed by atoms with E-state index in [9.17, 15) is 4.79 Å². The summed E-state index contributed by atoms with van der Waals surface area (Å²) in [5, 5.41) is 5.05. The second-order valence-electron chi connectivity index (χ2n) is 2.90. The molecule has 0 radical (unpaired) electrons. The summed E-state index contributed by atoms with van der Waals surface area (Å²) in [5.41, 5.74) is 0.843. The molecule has 0 saturated heterocycles. The molecule has 2 aromatic heterocycles. The van der Waals surface area contributed by atoms with Gasteiger partial charge in [0.1, 0.15) is 0 Å². The first-order valence-corrected chi connectivity index (χ1v) is 6.13. The van der Waals surface area contributed by atoms with Crippen LogP contribution in [0.4, 0.5) is 0 Å². The van der Waals surface area contributed by atoms with Crippen LogP contribution >= 0.6 is 22.7 Å². The van der Waals surface area contributed by atoms with Gasteiger partial charge in [-0.15, -0.1) is 22.7 Å². The van der Waals surface area contributed by atoms with Gasteiger partial charge in [0.05, 0.1) is 17.2 Å². The van der Waals surface area contributed by atoms with E-state index in [2.05, 4.69) is 21.4 Å². The lowest BCUT2D eigenvalue weighted by Crippen LogP contribution is -1.85. The van der Waals surface area contributed by atoms with E-state index in [1.165, 1.54) is 11.0 Å². The van der Waals surface area contributed by atoms with Crippen molar-refractivity contribution in [2.75, 3.05) is 0 Å². The standard InChI is InChI=1S/C10H8N2OS2/c13-7-11-5-8-6-15-10(12-8)4-9-2-1-3-14-9/h1-3,6H,4-5H2. The summed E-state index contributed by atoms with van der Waals surface area (Å²) in [6, 6.07) is 4.13. The zero-order valence-corrected chi connectivity index (χ0v) is 9.48. The number of rotatable bonds is 4. The van der Waals surface area contributed by atoms with Crippen LogP contribution in [0.3, 0.4) is 0 Å². The molecule has 0 fully saturated rings. The molecule has 0 aliphatic rings. The number of thiazole rings is 1. The van der Waals surface area contributed by atoms with Crippen LogP contribution in [0, 0.1) is 0 Å². The predicted octanol–water partition coefficient (Wildman–Crippen LogP) is 2.63. The molecule has 5 heteroatoms. The molecule has 15 heavy (non-hydrogen) atoms. The van der Waals surface area contributed by atoms with E-state index >= 15 is 0 Å². The lowest BCUT2D eigenvalue weighted by atomic mass is 10.3. The van der Waals surface area contributed by atoms with Crippen LogP contribution in [-0.2, 0) is 17.8 Å². The Morgan fingerprint density at radius 3 is 3.13 bits per heavy atom. The fourth-order valence-corrected chi connectivity index (χ4v) is 2.79. The molecule has 0 amide bonds. The highest BCUT2D eigenvalue weighted by atomic mass is 32.1. The summed E-state index contributed by atoms with van der Waals surface area (Å²) in [6.45, 7) is 0.338. The van der Waals surface area contributed by atoms with Crippen LogP contribution < -0.4 is 0 Å². The molecule has 0 atom stereocenters. The smallest absolute Gasteiger partial charge is 0.235 e. The minimum absolute atomic E-state index is 0.338. The van der Waals surface area contributed by atoms with Gasteiger partial charge in [-0.1, -0.05) is 6.07 Å². The third-order valence-corrected chi connectivity index (χ3v) is 3.58. The van der Waals surface area contributed by atoms with Crippen LogP contribution in [0.25, 0.3) is 0 Å². The monoisotopic (exact) mass is 236 g/mol. The quantitative estimate of drug-likeness (QED) is 0.605. The lowest BCUT2D eigenvalue weighted by Gasteiger charge is -1.90. The molecule has 0 spiro atoms. The van der Waals surface area contributed by atoms with Crippen molar-refractivity contribution in [2.24, 2.45) is 4.99 Å². The molecule has 76 valence electrons. The number of hydrogen-bond donors (Lipinski definition) is 0. The average molecular weight is 236 g/mol. The largest absolute Gasteiger partial charge is 0.244 e. The van der Waals surface area contributed by atoms with Crippen molar-refractivity contribution in [2.45, 2.75) is 13.0 Å². The van der Waals surface area contributed by atoms with Gasteiger partial charge in [-0.25, -0.2) is 9.78 Å². The molecule has 0 aliphatic carbocycles. The Morgan fingerprint density at radius 2 is 2.40 bits per heavy atom. The molecular weight excluding hydrogens is 228 g/mol. The van der Waals surface area contributed by atoms with Crippen molar-refractivity contribution in [1.29, 1.82) is 0 Å². The molecule has 0 unspecified atom stereocenters. The molecule has 2 aromatic rings. The first-order chi connectivity index (χ1) is 7.38. The topological polar surface area (TPSA) is 42.3 Å². The van der Waals surface area contributed by atoms with Crippen molar-refractivity contribution in [1.82, 2.24) is 4.98 Å². The molecule has 0 saturated carbocycles. The number of carbonyl (C=O) groups excluding carboxylic acids is 1. The third-order valence-electron chi connectivity index (χ3n) is 1.81. The number of thiophene rings is 1. The second-order valence-corrected chi connectivity index (χ2v) is 4.87. The molecular formula is C10H8N2OS2. The van der Waals surface area contributed by atoms with Crippen LogP contribution in [-0.4, -0.2) is 11.1 Å². The van der Waals surface area contributed by atoms with Gasteiger partial charge in [0.25, 0.3) is 0 Å². The first-order valence-electron chi connectivity index (χ1n) is 4.38. The highest BCUT2D eigenvalue weighted by Gasteiger charge is 2.03. The molecule has 0 N–H and O–H groups in total. The van der Waals surface area contributed by atoms with Crippen molar-refractivity contribution >= 4 is 28.8 Å². The van der Waals surface area contributed by atoms with Gasteiger partial charge in [-0.3, -0.25) is 0 Å². The molecule has 2 rings (SSSR count). The number of aromatic nitrogens is 1. The molecule has 2 heterocycles. The van der Waals surface area contributed by atoms with Gasteiger partial charge in [0.15, 0.2) is 0 Å². The van der Waals surface area contributed by atoms with E-state index in [0.29, 0.717) is 6.54 Å². The van der Waals surface area contributed by atoms with E-state index in [1.807, 2.05) is 11.4 Å². The van der Waals surface area contributed by atoms with Crippen molar-refractivity contribution in [3.8, 4) is 0 Å². The Morgan fingerprint density at radius 1 is 1.47 bits per heavy atom. The van der Waals surface area contributed by atoms with Crippen molar-refractivity contribution < 1.29 is 4.79 Å². The minimum atomic E-state index is 0.338. The van der Waals surface area contributed by atoms with Gasteiger partial charge < -0.3 is 0 Å². The maximum Gasteiger partial charge on any atom is 0.235 e. The molecule has 0 bridgehead atoms. The molecule has 0 aromatic carbocycles. The zero-order chi connectivity index (χ0) is 10.5. The fourth-order valence-electron chi connectivity index (χ4n) is 1.18. The number of hydrogen-bond acceptors (Lipinski definition) is 5. The van der Waals surface area contributed by atoms with Crippen molar-refractivity contribution in [3.05, 3.63) is 38.5 Å². The zero-order valence-electron chi connectivity index (χ0n) is 7.84. The lowest BCUT2D eigenvalue weighted by molar-refractivity contribution is 0.562. The summed E-state index contributed by atoms with van der Waals surface area (Å²) >= 11 is 3.33. The molecule has 0 aliphatic heterocycles. The van der Waals surface area contributed by atoms with E-state index < -0.39 is 0 Å². The maximum atomic E-state index is 9.93. The van der Waals surface area contributed by atoms with Gasteiger partial charge in [0.2, 0.25) is 6.08 Å². The third kappa shape index (κ3) is 2.83. The summed E-state index contributed by atoms with van der Waals surface area (Å²) in [6.07, 6.45) is 2.38. The SMILES string of the molecule is O=C=NCc1csc(Cc2cccs2)n1. The van der Waals surface area contributed by atoms with Gasteiger partial charge in [0, 0.05) is 16.7 Å². The van der Waals surface area contributed by atoms with Crippen LogP contribution in [0.1, 0.15) is 15.6 Å². The summed E-state index contributed by atoms with van der Waals surface area (Å²) in [7, 11) is 0. The Hall–Kier alpha value is -1.29. The first kappa shape index (κ1) is 10.2. The summed E-state index contributed by atoms with van der Waals surface area (Å²) in [5.74, 6) is 0. The van der Waals surface area contributed by atoms with E-state index in [4.69, 9.17) is 0 Å². The predicted molar refractivity (Wildman–Crippen MR) is 61.1 cm³/mol. The van der Waals surface area contributed by atoms with Crippen LogP contribution in [0.5, 0.6) is 0 Å². The van der Waals surface area contributed by atoms with Gasteiger partial charge in [-0.2, -0.15) is 4.99 Å².